The maximum atomic E-state index is 12.8. The predicted molar refractivity (Wildman–Crippen MR) is 243 cm³/mol. The minimum Gasteiger partial charge on any atom is -0.462 e. The average Bonchev–Trinajstić information content (AvgIpc) is 3.49. The number of phosphoric acid groups is 1. The average molecular weight is 874 g/mol. The molecule has 1 aromatic carbocycles. The number of carbonyl (C=O) groups excluding carboxylic acids is 4. The van der Waals surface area contributed by atoms with E-state index in [1.165, 1.54) is 77.0 Å². The number of hydrogen-bond donors (Lipinski definition) is 1. The van der Waals surface area contributed by atoms with Crippen molar-refractivity contribution in [2.24, 2.45) is 0 Å². The van der Waals surface area contributed by atoms with E-state index in [4.69, 9.17) is 18.5 Å². The molecule has 346 valence electrons. The molecule has 0 fully saturated rings. The molecule has 1 aliphatic heterocycles. The van der Waals surface area contributed by atoms with Gasteiger partial charge in [-0.05, 0) is 76.3 Å². The van der Waals surface area contributed by atoms with Crippen molar-refractivity contribution in [2.45, 2.75) is 200 Å². The summed E-state index contributed by atoms with van der Waals surface area (Å²) in [5.41, 5.74) is 0.517. The maximum absolute atomic E-state index is 12.8. The van der Waals surface area contributed by atoms with E-state index in [1.54, 1.807) is 24.3 Å². The molecule has 11 nitrogen and oxygen atoms in total. The van der Waals surface area contributed by atoms with E-state index in [2.05, 4.69) is 38.2 Å². The number of allylic oxidation sites excluding steroid dienone is 4. The van der Waals surface area contributed by atoms with Gasteiger partial charge in [0.2, 0.25) is 0 Å². The maximum Gasteiger partial charge on any atom is 0.472 e. The Labute approximate surface area is 368 Å². The highest BCUT2D eigenvalue weighted by Crippen LogP contribution is 2.43. The normalized spacial score (nSPS) is 14.2. The van der Waals surface area contributed by atoms with Gasteiger partial charge in [0.15, 0.2) is 6.10 Å². The number of carbonyl (C=O) groups is 4. The van der Waals surface area contributed by atoms with Crippen molar-refractivity contribution in [3.8, 4) is 0 Å². The first-order chi connectivity index (χ1) is 29.7. The zero-order valence-corrected chi connectivity index (χ0v) is 38.7. The Morgan fingerprint density at radius 3 is 1.46 bits per heavy atom. The molecule has 0 saturated heterocycles. The van der Waals surface area contributed by atoms with Crippen LogP contribution < -0.4 is 0 Å². The number of ether oxygens (including phenoxy) is 2. The number of rotatable bonds is 40. The number of imide groups is 1. The fourth-order valence-corrected chi connectivity index (χ4v) is 7.95. The third kappa shape index (κ3) is 26.9. The van der Waals surface area contributed by atoms with Crippen LogP contribution in [-0.4, -0.2) is 66.0 Å². The highest BCUT2D eigenvalue weighted by molar-refractivity contribution is 7.47. The molecule has 0 aliphatic carbocycles. The molecule has 61 heavy (non-hydrogen) atoms. The molecule has 0 spiro atoms. The molecular weight excluding hydrogens is 794 g/mol. The lowest BCUT2D eigenvalue weighted by molar-refractivity contribution is -0.161. The number of esters is 2. The van der Waals surface area contributed by atoms with Gasteiger partial charge in [-0.3, -0.25) is 33.1 Å². The summed E-state index contributed by atoms with van der Waals surface area (Å²) in [5, 5.41) is 0. The molecular formula is C49H80NO10P. The van der Waals surface area contributed by atoms with Crippen molar-refractivity contribution < 1.29 is 47.2 Å². The van der Waals surface area contributed by atoms with Gasteiger partial charge in [-0.15, -0.1) is 0 Å². The number of amides is 2. The number of fused-ring (bicyclic) bond motifs is 1. The third-order valence-corrected chi connectivity index (χ3v) is 11.9. The predicted octanol–water partition coefficient (Wildman–Crippen LogP) is 12.9. The van der Waals surface area contributed by atoms with Crippen LogP contribution in [0.3, 0.4) is 0 Å². The number of unbranched alkanes of at least 4 members (excludes halogenated alkanes) is 22. The minimum absolute atomic E-state index is 0.158. The van der Waals surface area contributed by atoms with Gasteiger partial charge in [0, 0.05) is 12.8 Å². The fourth-order valence-electron chi connectivity index (χ4n) is 7.20. The van der Waals surface area contributed by atoms with E-state index in [1.807, 2.05) is 0 Å². The smallest absolute Gasteiger partial charge is 0.462 e. The van der Waals surface area contributed by atoms with Crippen LogP contribution in [0.4, 0.5) is 0 Å². The van der Waals surface area contributed by atoms with Crippen molar-refractivity contribution in [1.29, 1.82) is 0 Å². The van der Waals surface area contributed by atoms with Crippen molar-refractivity contribution >= 4 is 31.6 Å². The van der Waals surface area contributed by atoms with Gasteiger partial charge in [0.25, 0.3) is 11.8 Å². The summed E-state index contributed by atoms with van der Waals surface area (Å²) < 4.78 is 33.9. The van der Waals surface area contributed by atoms with Crippen LogP contribution in [0.15, 0.2) is 48.6 Å². The highest BCUT2D eigenvalue weighted by Gasteiger charge is 2.35. The monoisotopic (exact) mass is 874 g/mol. The van der Waals surface area contributed by atoms with E-state index in [0.717, 1.165) is 81.9 Å². The van der Waals surface area contributed by atoms with Crippen LogP contribution in [0, 0.1) is 0 Å². The lowest BCUT2D eigenvalue weighted by Crippen LogP contribution is -2.33. The standard InChI is InChI=1S/C49H80NO10P/c1-3-5-7-9-11-13-15-17-19-21-23-25-27-29-31-37-46(51)57-41-43(60-47(52)38-32-30-28-26-24-22-20-18-16-14-12-10-8-6-4-2)42-59-61(55,56)58-40-39-50-48(53)44-35-33-34-36-45(44)49(50)54/h17-20,33-36,43H,3-16,21-32,37-42H2,1-2H3,(H,55,56)/b19-17-,20-18-/t43-/m1/s1. The Hall–Kier alpha value is -3.11. The molecule has 1 aromatic rings. The van der Waals surface area contributed by atoms with Gasteiger partial charge in [0.1, 0.15) is 6.61 Å². The van der Waals surface area contributed by atoms with Crippen LogP contribution in [0.1, 0.15) is 214 Å². The molecule has 1 heterocycles. The summed E-state index contributed by atoms with van der Waals surface area (Å²) in [6, 6.07) is 6.39. The Morgan fingerprint density at radius 1 is 0.590 bits per heavy atom. The number of benzene rings is 1. The van der Waals surface area contributed by atoms with Crippen molar-refractivity contribution in [1.82, 2.24) is 4.90 Å². The molecule has 0 saturated carbocycles. The molecule has 0 aromatic heterocycles. The number of nitrogens with zero attached hydrogens (tertiary/aromatic N) is 1. The molecule has 2 amide bonds. The molecule has 2 rings (SSSR count). The third-order valence-electron chi connectivity index (χ3n) is 10.9. The summed E-state index contributed by atoms with van der Waals surface area (Å²) in [5.74, 6) is -1.99. The number of phosphoric ester groups is 1. The van der Waals surface area contributed by atoms with Crippen molar-refractivity contribution in [2.75, 3.05) is 26.4 Å². The van der Waals surface area contributed by atoms with Gasteiger partial charge in [-0.25, -0.2) is 4.57 Å². The summed E-state index contributed by atoms with van der Waals surface area (Å²) in [6.07, 6.45) is 38.2. The van der Waals surface area contributed by atoms with Gasteiger partial charge in [-0.2, -0.15) is 0 Å². The second-order valence-corrected chi connectivity index (χ2v) is 17.8. The highest BCUT2D eigenvalue weighted by atomic mass is 31.2. The van der Waals surface area contributed by atoms with E-state index in [9.17, 15) is 28.6 Å². The Kier molecular flexibility index (Phi) is 31.3. The van der Waals surface area contributed by atoms with E-state index < -0.39 is 50.9 Å². The van der Waals surface area contributed by atoms with E-state index >= 15 is 0 Å². The fraction of sp³-hybridized carbons (Fsp3) is 0.714. The van der Waals surface area contributed by atoms with Crippen LogP contribution in [-0.2, 0) is 32.7 Å². The van der Waals surface area contributed by atoms with Gasteiger partial charge >= 0.3 is 19.8 Å². The molecule has 1 aliphatic rings. The largest absolute Gasteiger partial charge is 0.472 e. The summed E-state index contributed by atoms with van der Waals surface area (Å²) in [7, 11) is -4.70. The molecule has 1 unspecified atom stereocenters. The Morgan fingerprint density at radius 2 is 1.00 bits per heavy atom. The lowest BCUT2D eigenvalue weighted by Gasteiger charge is -2.20. The first-order valence-corrected chi connectivity index (χ1v) is 25.4. The van der Waals surface area contributed by atoms with Crippen LogP contribution in [0.5, 0.6) is 0 Å². The molecule has 0 radical (unpaired) electrons. The summed E-state index contributed by atoms with van der Waals surface area (Å²) >= 11 is 0. The van der Waals surface area contributed by atoms with Crippen molar-refractivity contribution in [3.63, 3.8) is 0 Å². The Balaban J connectivity index is 1.70. The second-order valence-electron chi connectivity index (χ2n) is 16.4. The van der Waals surface area contributed by atoms with Gasteiger partial charge in [0.05, 0.1) is 30.9 Å². The number of hydrogen-bond acceptors (Lipinski definition) is 9. The lowest BCUT2D eigenvalue weighted by atomic mass is 10.1. The quantitative estimate of drug-likeness (QED) is 0.0222. The molecule has 12 heteroatoms. The van der Waals surface area contributed by atoms with E-state index in [0.29, 0.717) is 12.8 Å². The van der Waals surface area contributed by atoms with Gasteiger partial charge in [-0.1, -0.05) is 153 Å². The SMILES string of the molecule is CCCCCCCC/C=C\CCCCCCCC(=O)OC[C@H](COP(=O)(O)OCCN1C(=O)c2ccccc2C1=O)OC(=O)CCCCCCC/C=C\CCCCCCCC. The minimum atomic E-state index is -4.70. The van der Waals surface area contributed by atoms with Crippen LogP contribution in [0.2, 0.25) is 0 Å². The van der Waals surface area contributed by atoms with E-state index in [-0.39, 0.29) is 37.1 Å². The Bertz CT molecular complexity index is 1430. The zero-order chi connectivity index (χ0) is 44.2. The zero-order valence-electron chi connectivity index (χ0n) is 37.8. The summed E-state index contributed by atoms with van der Waals surface area (Å²) in [6.45, 7) is 2.87. The van der Waals surface area contributed by atoms with Crippen molar-refractivity contribution in [3.05, 3.63) is 59.7 Å². The molecule has 1 N–H and O–H groups in total. The first kappa shape index (κ1) is 54.0. The van der Waals surface area contributed by atoms with Crippen LogP contribution in [0.25, 0.3) is 0 Å². The first-order valence-electron chi connectivity index (χ1n) is 23.9. The topological polar surface area (TPSA) is 146 Å². The van der Waals surface area contributed by atoms with Gasteiger partial charge < -0.3 is 14.4 Å². The molecule has 2 atom stereocenters. The molecule has 0 bridgehead atoms. The summed E-state index contributed by atoms with van der Waals surface area (Å²) in [4.78, 5) is 62.0. The second kappa shape index (κ2) is 35.4. The van der Waals surface area contributed by atoms with Crippen LogP contribution >= 0.6 is 7.82 Å².